The second-order valence-corrected chi connectivity index (χ2v) is 5.94. The van der Waals surface area contributed by atoms with Crippen molar-refractivity contribution in [1.82, 2.24) is 15.0 Å². The maximum Gasteiger partial charge on any atom is 0.327 e. The van der Waals surface area contributed by atoms with Crippen molar-refractivity contribution in [2.75, 3.05) is 4.72 Å². The van der Waals surface area contributed by atoms with Gasteiger partial charge in [-0.25, -0.2) is 8.42 Å². The van der Waals surface area contributed by atoms with Gasteiger partial charge in [-0.15, -0.1) is 5.10 Å². The van der Waals surface area contributed by atoms with Crippen LogP contribution in [0.3, 0.4) is 0 Å². The summed E-state index contributed by atoms with van der Waals surface area (Å²) in [5.41, 5.74) is 1.03. The van der Waals surface area contributed by atoms with E-state index in [0.717, 1.165) is 23.0 Å². The van der Waals surface area contributed by atoms with Crippen LogP contribution in [0.5, 0.6) is 0 Å². The molecule has 2 N–H and O–H groups in total. The number of nitrogens with zero attached hydrogens (tertiary/aromatic N) is 3. The van der Waals surface area contributed by atoms with E-state index in [0.29, 0.717) is 0 Å². The average molecular weight is 310 g/mol. The summed E-state index contributed by atoms with van der Waals surface area (Å²) in [6.45, 7) is 1.54. The molecule has 9 heteroatoms. The number of benzene rings is 1. The quantitative estimate of drug-likeness (QED) is 0.812. The maximum atomic E-state index is 12.1. The Balaban J connectivity index is 2.16. The summed E-state index contributed by atoms with van der Waals surface area (Å²) in [5.74, 6) is -1.15. The molecule has 8 nitrogen and oxygen atoms in total. The fourth-order valence-corrected chi connectivity index (χ4v) is 2.62. The fraction of sp³-hybridized carbons (Fsp3) is 0.250. The van der Waals surface area contributed by atoms with Crippen molar-refractivity contribution in [3.63, 3.8) is 0 Å². The lowest BCUT2D eigenvalue weighted by Gasteiger charge is -2.05. The minimum atomic E-state index is -3.77. The van der Waals surface area contributed by atoms with Gasteiger partial charge in [-0.05, 0) is 24.1 Å². The molecule has 0 amide bonds. The van der Waals surface area contributed by atoms with Gasteiger partial charge in [0, 0.05) is 0 Å². The van der Waals surface area contributed by atoms with Crippen LogP contribution >= 0.6 is 0 Å². The Bertz CT molecular complexity index is 737. The minimum absolute atomic E-state index is 0.0316. The van der Waals surface area contributed by atoms with Gasteiger partial charge in [-0.1, -0.05) is 19.1 Å². The summed E-state index contributed by atoms with van der Waals surface area (Å²) in [5, 5.41) is 16.0. The van der Waals surface area contributed by atoms with E-state index < -0.39 is 22.5 Å². The van der Waals surface area contributed by atoms with Gasteiger partial charge in [0.15, 0.2) is 12.4 Å². The third-order valence-electron chi connectivity index (χ3n) is 2.69. The van der Waals surface area contributed by atoms with Crippen molar-refractivity contribution in [3.05, 3.63) is 36.0 Å². The van der Waals surface area contributed by atoms with Crippen LogP contribution < -0.4 is 4.72 Å². The first-order valence-electron chi connectivity index (χ1n) is 6.14. The van der Waals surface area contributed by atoms with Gasteiger partial charge in [-0.2, -0.15) is 9.90 Å². The van der Waals surface area contributed by atoms with E-state index in [-0.39, 0.29) is 10.7 Å². The monoisotopic (exact) mass is 310 g/mol. The SMILES string of the molecule is CCc1ccc(S(=O)(=O)Nc2cnn(CC(=O)O)n2)cc1. The number of nitrogens with one attached hydrogen (secondary N) is 1. The molecule has 0 aliphatic rings. The first-order chi connectivity index (χ1) is 9.90. The topological polar surface area (TPSA) is 114 Å². The molecule has 0 radical (unpaired) electrons. The van der Waals surface area contributed by atoms with E-state index in [1.807, 2.05) is 6.92 Å². The van der Waals surface area contributed by atoms with Gasteiger partial charge in [0.25, 0.3) is 10.0 Å². The summed E-state index contributed by atoms with van der Waals surface area (Å²) in [6, 6.07) is 6.47. The molecule has 2 rings (SSSR count). The van der Waals surface area contributed by atoms with Crippen LogP contribution in [0, 0.1) is 0 Å². The zero-order chi connectivity index (χ0) is 15.5. The highest BCUT2D eigenvalue weighted by molar-refractivity contribution is 7.92. The van der Waals surface area contributed by atoms with Crippen molar-refractivity contribution in [1.29, 1.82) is 0 Å². The summed E-state index contributed by atoms with van der Waals surface area (Å²) >= 11 is 0. The smallest absolute Gasteiger partial charge is 0.327 e. The number of rotatable bonds is 6. The van der Waals surface area contributed by atoms with Gasteiger partial charge in [0.1, 0.15) is 0 Å². The van der Waals surface area contributed by atoms with E-state index in [1.165, 1.54) is 12.1 Å². The second-order valence-electron chi connectivity index (χ2n) is 4.26. The standard InChI is InChI=1S/C12H14N4O4S/c1-2-9-3-5-10(6-4-9)21(19,20)15-11-7-13-16(14-11)8-12(17)18/h3-7H,2,8H2,1H3,(H,14,15)(H,17,18). The molecule has 21 heavy (non-hydrogen) atoms. The molecule has 0 bridgehead atoms. The molecule has 2 aromatic rings. The molecule has 0 spiro atoms. The lowest BCUT2D eigenvalue weighted by Crippen LogP contribution is -2.15. The maximum absolute atomic E-state index is 12.1. The molecule has 1 heterocycles. The Hall–Kier alpha value is -2.42. The van der Waals surface area contributed by atoms with Gasteiger partial charge in [0.2, 0.25) is 0 Å². The number of hydrogen-bond donors (Lipinski definition) is 2. The summed E-state index contributed by atoms with van der Waals surface area (Å²) in [6.07, 6.45) is 1.97. The lowest BCUT2D eigenvalue weighted by atomic mass is 10.2. The zero-order valence-electron chi connectivity index (χ0n) is 11.2. The van der Waals surface area contributed by atoms with Gasteiger partial charge in [0.05, 0.1) is 11.1 Å². The van der Waals surface area contributed by atoms with Crippen LogP contribution in [-0.4, -0.2) is 34.5 Å². The molecular formula is C12H14N4O4S. The van der Waals surface area contributed by atoms with Gasteiger partial charge >= 0.3 is 5.97 Å². The number of carboxylic acids is 1. The predicted molar refractivity (Wildman–Crippen MR) is 74.3 cm³/mol. The highest BCUT2D eigenvalue weighted by Gasteiger charge is 2.16. The summed E-state index contributed by atoms with van der Waals surface area (Å²) in [7, 11) is -3.77. The van der Waals surface area contributed by atoms with Crippen LogP contribution in [0.15, 0.2) is 35.4 Å². The molecule has 1 aromatic heterocycles. The Morgan fingerprint density at radius 2 is 2.00 bits per heavy atom. The van der Waals surface area contributed by atoms with Crippen LogP contribution in [0.1, 0.15) is 12.5 Å². The third-order valence-corrected chi connectivity index (χ3v) is 4.06. The molecule has 1 aromatic carbocycles. The lowest BCUT2D eigenvalue weighted by molar-refractivity contribution is -0.138. The first kappa shape index (κ1) is 15.0. The number of aromatic nitrogens is 3. The number of carboxylic acid groups (broad SMARTS) is 1. The van der Waals surface area contributed by atoms with E-state index in [9.17, 15) is 13.2 Å². The first-order valence-corrected chi connectivity index (χ1v) is 7.62. The number of anilines is 1. The Morgan fingerprint density at radius 1 is 1.33 bits per heavy atom. The molecule has 0 fully saturated rings. The zero-order valence-corrected chi connectivity index (χ0v) is 12.0. The summed E-state index contributed by atoms with van der Waals surface area (Å²) < 4.78 is 26.5. The van der Waals surface area contributed by atoms with E-state index in [2.05, 4.69) is 14.9 Å². The average Bonchev–Trinajstić information content (AvgIpc) is 2.84. The van der Waals surface area contributed by atoms with Crippen LogP contribution in [-0.2, 0) is 27.8 Å². The van der Waals surface area contributed by atoms with Crippen LogP contribution in [0.2, 0.25) is 0 Å². The molecule has 112 valence electrons. The number of hydrogen-bond acceptors (Lipinski definition) is 5. The summed E-state index contributed by atoms with van der Waals surface area (Å²) in [4.78, 5) is 11.5. The molecule has 0 unspecified atom stereocenters. The Labute approximate surface area is 121 Å². The van der Waals surface area contributed by atoms with E-state index in [4.69, 9.17) is 5.11 Å². The number of sulfonamides is 1. The molecule has 0 aliphatic carbocycles. The van der Waals surface area contributed by atoms with E-state index >= 15 is 0 Å². The second kappa shape index (κ2) is 5.92. The third kappa shape index (κ3) is 3.78. The van der Waals surface area contributed by atoms with Crippen molar-refractivity contribution in [3.8, 4) is 0 Å². The van der Waals surface area contributed by atoms with E-state index in [1.54, 1.807) is 12.1 Å². The highest BCUT2D eigenvalue weighted by Crippen LogP contribution is 2.14. The van der Waals surface area contributed by atoms with Crippen molar-refractivity contribution in [2.24, 2.45) is 0 Å². The largest absolute Gasteiger partial charge is 0.480 e. The van der Waals surface area contributed by atoms with Crippen LogP contribution in [0.4, 0.5) is 5.82 Å². The van der Waals surface area contributed by atoms with Crippen LogP contribution in [0.25, 0.3) is 0 Å². The van der Waals surface area contributed by atoms with Crippen molar-refractivity contribution in [2.45, 2.75) is 24.8 Å². The predicted octanol–water partition coefficient (Wildman–Crippen LogP) is 0.726. The Morgan fingerprint density at radius 3 is 2.57 bits per heavy atom. The fourth-order valence-electron chi connectivity index (χ4n) is 1.64. The van der Waals surface area contributed by atoms with Crippen molar-refractivity contribution < 1.29 is 18.3 Å². The normalized spacial score (nSPS) is 11.3. The molecule has 0 atom stereocenters. The highest BCUT2D eigenvalue weighted by atomic mass is 32.2. The van der Waals surface area contributed by atoms with Gasteiger partial charge < -0.3 is 5.11 Å². The molecular weight excluding hydrogens is 296 g/mol. The minimum Gasteiger partial charge on any atom is -0.480 e. The van der Waals surface area contributed by atoms with Gasteiger partial charge in [-0.3, -0.25) is 9.52 Å². The molecule has 0 aliphatic heterocycles. The Kier molecular flexibility index (Phi) is 4.22. The number of carbonyl (C=O) groups is 1. The van der Waals surface area contributed by atoms with Crippen molar-refractivity contribution >= 4 is 21.8 Å². The molecule has 0 saturated heterocycles. The number of aryl methyl sites for hydroxylation is 1. The number of aliphatic carboxylic acids is 1. The molecule has 0 saturated carbocycles.